The van der Waals surface area contributed by atoms with E-state index in [0.717, 1.165) is 24.0 Å². The Morgan fingerprint density at radius 3 is 2.75 bits per heavy atom. The summed E-state index contributed by atoms with van der Waals surface area (Å²) in [6, 6.07) is 0. The Kier molecular flexibility index (Phi) is 2.97. The van der Waals surface area contributed by atoms with E-state index in [-0.39, 0.29) is 11.7 Å². The van der Waals surface area contributed by atoms with Crippen LogP contribution in [0.2, 0.25) is 0 Å². The van der Waals surface area contributed by atoms with Crippen molar-refractivity contribution in [3.8, 4) is 0 Å². The normalized spacial score (nSPS) is 34.6. The third kappa shape index (κ3) is 1.73. The Morgan fingerprint density at radius 2 is 2.10 bits per heavy atom. The van der Waals surface area contributed by atoms with E-state index in [2.05, 4.69) is 0 Å². The molecule has 1 saturated heterocycles. The fraction of sp³-hybridized carbons (Fsp3) is 0.600. The highest BCUT2D eigenvalue weighted by Crippen LogP contribution is 2.52. The molecule has 1 aliphatic carbocycles. The van der Waals surface area contributed by atoms with Gasteiger partial charge in [-0.25, -0.2) is 4.79 Å². The van der Waals surface area contributed by atoms with Crippen molar-refractivity contribution < 1.29 is 23.8 Å². The van der Waals surface area contributed by atoms with Gasteiger partial charge in [-0.2, -0.15) is 0 Å². The van der Waals surface area contributed by atoms with Crippen molar-refractivity contribution in [3.63, 3.8) is 0 Å². The van der Waals surface area contributed by atoms with E-state index in [1.54, 1.807) is 6.08 Å². The van der Waals surface area contributed by atoms with Crippen LogP contribution in [0, 0.1) is 5.92 Å². The van der Waals surface area contributed by atoms with Gasteiger partial charge in [0, 0.05) is 0 Å². The van der Waals surface area contributed by atoms with Gasteiger partial charge in [0.15, 0.2) is 0 Å². The molecule has 3 aliphatic rings. The molecule has 0 spiro atoms. The van der Waals surface area contributed by atoms with Crippen LogP contribution in [0.5, 0.6) is 0 Å². The highest BCUT2D eigenvalue weighted by atomic mass is 16.5. The summed E-state index contributed by atoms with van der Waals surface area (Å²) in [5.74, 6) is -1.46. The molecule has 1 unspecified atom stereocenters. The average molecular weight is 278 g/mol. The second-order valence-corrected chi connectivity index (χ2v) is 5.69. The molecule has 0 saturated carbocycles. The summed E-state index contributed by atoms with van der Waals surface area (Å²) in [7, 11) is 2.65. The number of rotatable bonds is 2. The number of fused-ring (bicyclic) bond motifs is 4. The fourth-order valence-electron chi connectivity index (χ4n) is 3.54. The van der Waals surface area contributed by atoms with Gasteiger partial charge in [0.2, 0.25) is 0 Å². The zero-order valence-corrected chi connectivity index (χ0v) is 11.9. The van der Waals surface area contributed by atoms with Crippen LogP contribution in [0.15, 0.2) is 22.8 Å². The van der Waals surface area contributed by atoms with Gasteiger partial charge in [-0.05, 0) is 43.4 Å². The number of hydrogen-bond acceptors (Lipinski definition) is 5. The first-order valence-electron chi connectivity index (χ1n) is 6.79. The minimum Gasteiger partial charge on any atom is -0.469 e. The number of carbonyl (C=O) groups excluding carboxylic acids is 2. The van der Waals surface area contributed by atoms with Crippen molar-refractivity contribution >= 4 is 11.9 Å². The zero-order chi connectivity index (χ0) is 14.5. The first kappa shape index (κ1) is 13.4. The molecule has 5 nitrogen and oxygen atoms in total. The van der Waals surface area contributed by atoms with Gasteiger partial charge in [0.05, 0.1) is 37.4 Å². The summed E-state index contributed by atoms with van der Waals surface area (Å²) in [4.78, 5) is 23.9. The standard InChI is InChI=1S/C15H18O5/c1-15-5-4-12(20-15)10-6-8(13(16)18-2)9(7-11(10)15)14(17)19-3/h7-8,12H,4-6H2,1-3H3/t8?,12-,15+/m0/s1. The van der Waals surface area contributed by atoms with Crippen molar-refractivity contribution in [2.75, 3.05) is 14.2 Å². The van der Waals surface area contributed by atoms with E-state index in [1.165, 1.54) is 14.2 Å². The Balaban J connectivity index is 2.03. The SMILES string of the molecule is COC(=O)C1=CC2=C(CC1C(=O)OC)[C@@H]1CC[C@@]2(C)O1. The second-order valence-electron chi connectivity index (χ2n) is 5.69. The van der Waals surface area contributed by atoms with Gasteiger partial charge in [-0.3, -0.25) is 4.79 Å². The molecular weight excluding hydrogens is 260 g/mol. The van der Waals surface area contributed by atoms with E-state index in [9.17, 15) is 9.59 Å². The predicted octanol–water partition coefficient (Wildman–Crippen LogP) is 1.53. The Morgan fingerprint density at radius 1 is 1.35 bits per heavy atom. The van der Waals surface area contributed by atoms with Gasteiger partial charge in [0.1, 0.15) is 0 Å². The van der Waals surface area contributed by atoms with Gasteiger partial charge >= 0.3 is 11.9 Å². The first-order chi connectivity index (χ1) is 9.50. The largest absolute Gasteiger partial charge is 0.469 e. The lowest BCUT2D eigenvalue weighted by atomic mass is 9.74. The topological polar surface area (TPSA) is 61.8 Å². The molecule has 3 atom stereocenters. The minimum absolute atomic E-state index is 0.0811. The van der Waals surface area contributed by atoms with E-state index in [1.807, 2.05) is 6.92 Å². The van der Waals surface area contributed by atoms with Crippen molar-refractivity contribution in [1.82, 2.24) is 0 Å². The van der Waals surface area contributed by atoms with Crippen LogP contribution in [-0.2, 0) is 23.8 Å². The molecule has 0 aromatic carbocycles. The van der Waals surface area contributed by atoms with Crippen LogP contribution in [0.3, 0.4) is 0 Å². The summed E-state index contributed by atoms with van der Waals surface area (Å²) < 4.78 is 15.6. The third-order valence-corrected chi connectivity index (χ3v) is 4.60. The lowest BCUT2D eigenvalue weighted by molar-refractivity contribution is -0.147. The van der Waals surface area contributed by atoms with E-state index in [4.69, 9.17) is 14.2 Å². The molecule has 0 radical (unpaired) electrons. The highest BCUT2D eigenvalue weighted by Gasteiger charge is 2.51. The van der Waals surface area contributed by atoms with Gasteiger partial charge in [-0.15, -0.1) is 0 Å². The van der Waals surface area contributed by atoms with E-state index in [0.29, 0.717) is 12.0 Å². The molecule has 0 aromatic heterocycles. The Bertz CT molecular complexity index is 544. The molecule has 2 aliphatic heterocycles. The first-order valence-corrected chi connectivity index (χ1v) is 6.79. The summed E-state index contributed by atoms with van der Waals surface area (Å²) >= 11 is 0. The summed E-state index contributed by atoms with van der Waals surface area (Å²) in [6.07, 6.45) is 4.28. The lowest BCUT2D eigenvalue weighted by Crippen LogP contribution is -2.31. The quantitative estimate of drug-likeness (QED) is 0.717. The average Bonchev–Trinajstić information content (AvgIpc) is 2.98. The molecule has 5 heteroatoms. The number of esters is 2. The summed E-state index contributed by atoms with van der Waals surface area (Å²) in [5.41, 5.74) is 2.24. The molecule has 108 valence electrons. The van der Waals surface area contributed by atoms with Crippen LogP contribution < -0.4 is 0 Å². The van der Waals surface area contributed by atoms with Crippen molar-refractivity contribution in [3.05, 3.63) is 22.8 Å². The van der Waals surface area contributed by atoms with Gasteiger partial charge < -0.3 is 14.2 Å². The summed E-state index contributed by atoms with van der Waals surface area (Å²) in [5, 5.41) is 0. The van der Waals surface area contributed by atoms with Crippen molar-refractivity contribution in [2.24, 2.45) is 5.92 Å². The van der Waals surface area contributed by atoms with Crippen molar-refractivity contribution in [2.45, 2.75) is 37.9 Å². The third-order valence-electron chi connectivity index (χ3n) is 4.60. The molecule has 0 N–H and O–H groups in total. The Hall–Kier alpha value is -1.62. The molecule has 2 heterocycles. The smallest absolute Gasteiger partial charge is 0.334 e. The van der Waals surface area contributed by atoms with Crippen LogP contribution in [0.4, 0.5) is 0 Å². The number of hydrogen-bond donors (Lipinski definition) is 0. The van der Waals surface area contributed by atoms with Gasteiger partial charge in [-0.1, -0.05) is 0 Å². The fourth-order valence-corrected chi connectivity index (χ4v) is 3.54. The van der Waals surface area contributed by atoms with Crippen LogP contribution in [-0.4, -0.2) is 37.9 Å². The Labute approximate surface area is 117 Å². The lowest BCUT2D eigenvalue weighted by Gasteiger charge is -2.29. The van der Waals surface area contributed by atoms with Crippen molar-refractivity contribution in [1.29, 1.82) is 0 Å². The molecular formula is C15H18O5. The maximum absolute atomic E-state index is 11.9. The minimum atomic E-state index is -0.585. The zero-order valence-electron chi connectivity index (χ0n) is 11.9. The van der Waals surface area contributed by atoms with E-state index >= 15 is 0 Å². The highest BCUT2D eigenvalue weighted by molar-refractivity contribution is 5.97. The molecule has 20 heavy (non-hydrogen) atoms. The monoisotopic (exact) mass is 278 g/mol. The molecule has 0 aromatic rings. The molecule has 0 amide bonds. The number of carbonyl (C=O) groups is 2. The molecule has 2 bridgehead atoms. The van der Waals surface area contributed by atoms with Gasteiger partial charge in [0.25, 0.3) is 0 Å². The second kappa shape index (κ2) is 4.45. The molecule has 3 rings (SSSR count). The summed E-state index contributed by atoms with van der Waals surface area (Å²) in [6.45, 7) is 2.04. The van der Waals surface area contributed by atoms with Crippen LogP contribution >= 0.6 is 0 Å². The predicted molar refractivity (Wildman–Crippen MR) is 69.8 cm³/mol. The maximum Gasteiger partial charge on any atom is 0.334 e. The van der Waals surface area contributed by atoms with E-state index < -0.39 is 17.9 Å². The van der Waals surface area contributed by atoms with Crippen LogP contribution in [0.25, 0.3) is 0 Å². The van der Waals surface area contributed by atoms with Crippen LogP contribution in [0.1, 0.15) is 26.2 Å². The number of methoxy groups -OCH3 is 2. The molecule has 1 fully saturated rings. The maximum atomic E-state index is 11.9. The number of ether oxygens (including phenoxy) is 3.